The van der Waals surface area contributed by atoms with Crippen LogP contribution in [0.1, 0.15) is 12.5 Å². The van der Waals surface area contributed by atoms with Crippen LogP contribution in [0.5, 0.6) is 5.75 Å². The highest BCUT2D eigenvalue weighted by atomic mass is 32.1. The Morgan fingerprint density at radius 3 is 2.39 bits per heavy atom. The summed E-state index contributed by atoms with van der Waals surface area (Å²) in [6.07, 6.45) is 0. The molecule has 0 atom stereocenters. The van der Waals surface area contributed by atoms with Crippen molar-refractivity contribution in [3.63, 3.8) is 0 Å². The van der Waals surface area contributed by atoms with E-state index >= 15 is 0 Å². The summed E-state index contributed by atoms with van der Waals surface area (Å²) in [4.78, 5) is 5.71. The molecule has 0 amide bonds. The molecule has 1 aromatic heterocycles. The van der Waals surface area contributed by atoms with Gasteiger partial charge in [-0.05, 0) is 43.7 Å². The number of nitrogens with zero attached hydrogens (tertiary/aromatic N) is 2. The molecule has 0 aliphatic carbocycles. The first kappa shape index (κ1) is 15.6. The van der Waals surface area contributed by atoms with Crippen molar-refractivity contribution in [3.05, 3.63) is 64.3 Å². The Bertz CT molecular complexity index is 842. The minimum Gasteiger partial charge on any atom is -0.494 e. The van der Waals surface area contributed by atoms with Gasteiger partial charge in [0.25, 0.3) is 0 Å². The van der Waals surface area contributed by atoms with Crippen molar-refractivity contribution in [3.8, 4) is 17.0 Å². The lowest BCUT2D eigenvalue weighted by Gasteiger charge is -2.04. The van der Waals surface area contributed by atoms with Crippen molar-refractivity contribution in [1.29, 1.82) is 0 Å². The normalized spacial score (nSPS) is 11.7. The molecule has 4 heteroatoms. The molecule has 0 fully saturated rings. The van der Waals surface area contributed by atoms with E-state index in [0.29, 0.717) is 6.61 Å². The van der Waals surface area contributed by atoms with Crippen LogP contribution in [-0.2, 0) is 7.05 Å². The second-order valence-electron chi connectivity index (χ2n) is 5.37. The maximum atomic E-state index is 5.46. The predicted octanol–water partition coefficient (Wildman–Crippen LogP) is 4.69. The summed E-state index contributed by atoms with van der Waals surface area (Å²) in [5.74, 6) is 0.877. The highest BCUT2D eigenvalue weighted by Gasteiger charge is 2.04. The first-order chi connectivity index (χ1) is 11.2. The smallest absolute Gasteiger partial charge is 0.190 e. The van der Waals surface area contributed by atoms with E-state index in [0.717, 1.165) is 16.2 Å². The first-order valence-electron chi connectivity index (χ1n) is 7.66. The molecule has 3 nitrogen and oxygen atoms in total. The molecule has 3 aromatic rings. The lowest BCUT2D eigenvalue weighted by atomic mass is 10.1. The number of benzene rings is 2. The third kappa shape index (κ3) is 3.54. The highest BCUT2D eigenvalue weighted by Crippen LogP contribution is 2.21. The lowest BCUT2D eigenvalue weighted by molar-refractivity contribution is 0.340. The molecular weight excluding hydrogens is 304 g/mol. The van der Waals surface area contributed by atoms with Gasteiger partial charge in [-0.1, -0.05) is 29.8 Å². The van der Waals surface area contributed by atoms with Crippen molar-refractivity contribution in [2.75, 3.05) is 6.61 Å². The molecule has 0 unspecified atom stereocenters. The van der Waals surface area contributed by atoms with Crippen LogP contribution < -0.4 is 9.54 Å². The van der Waals surface area contributed by atoms with Crippen LogP contribution >= 0.6 is 11.3 Å². The maximum absolute atomic E-state index is 5.46. The number of hydrogen-bond donors (Lipinski definition) is 0. The summed E-state index contributed by atoms with van der Waals surface area (Å²) in [6.45, 7) is 4.76. The zero-order chi connectivity index (χ0) is 16.2. The standard InChI is InChI=1S/C19H20N2OS/c1-4-22-17-11-9-16(10-12-17)20-19-21(3)18(13-23-19)15-7-5-14(2)6-8-15/h5-13H,4H2,1-3H3. The summed E-state index contributed by atoms with van der Waals surface area (Å²) in [6, 6.07) is 16.4. The SMILES string of the molecule is CCOc1ccc(N=c2scc(-c3ccc(C)cc3)n2C)cc1. The molecule has 23 heavy (non-hydrogen) atoms. The molecule has 0 saturated carbocycles. The summed E-state index contributed by atoms with van der Waals surface area (Å²) in [5, 5.41) is 2.15. The van der Waals surface area contributed by atoms with E-state index < -0.39 is 0 Å². The maximum Gasteiger partial charge on any atom is 0.190 e. The van der Waals surface area contributed by atoms with E-state index in [4.69, 9.17) is 9.73 Å². The topological polar surface area (TPSA) is 26.5 Å². The van der Waals surface area contributed by atoms with E-state index in [2.05, 4.69) is 48.2 Å². The molecule has 0 bridgehead atoms. The van der Waals surface area contributed by atoms with E-state index in [1.165, 1.54) is 16.8 Å². The zero-order valence-electron chi connectivity index (χ0n) is 13.6. The number of aryl methyl sites for hydroxylation is 1. The van der Waals surface area contributed by atoms with Crippen LogP contribution in [0.3, 0.4) is 0 Å². The van der Waals surface area contributed by atoms with Gasteiger partial charge in [-0.3, -0.25) is 0 Å². The predicted molar refractivity (Wildman–Crippen MR) is 96.3 cm³/mol. The Balaban J connectivity index is 1.93. The second kappa shape index (κ2) is 6.84. The molecule has 1 heterocycles. The van der Waals surface area contributed by atoms with E-state index in [-0.39, 0.29) is 0 Å². The molecule has 0 spiro atoms. The van der Waals surface area contributed by atoms with Gasteiger partial charge in [0.05, 0.1) is 18.0 Å². The molecule has 2 aromatic carbocycles. The third-order valence-corrected chi connectivity index (χ3v) is 4.56. The number of hydrogen-bond acceptors (Lipinski definition) is 3. The number of aromatic nitrogens is 1. The fraction of sp³-hybridized carbons (Fsp3) is 0.211. The van der Waals surface area contributed by atoms with Crippen LogP contribution in [0.2, 0.25) is 0 Å². The molecule has 0 N–H and O–H groups in total. The van der Waals surface area contributed by atoms with Crippen molar-refractivity contribution >= 4 is 17.0 Å². The van der Waals surface area contributed by atoms with Gasteiger partial charge in [0.1, 0.15) is 5.75 Å². The van der Waals surface area contributed by atoms with Gasteiger partial charge in [-0.15, -0.1) is 11.3 Å². The summed E-state index contributed by atoms with van der Waals surface area (Å²) >= 11 is 1.65. The second-order valence-corrected chi connectivity index (χ2v) is 6.20. The Morgan fingerprint density at radius 2 is 1.74 bits per heavy atom. The quantitative estimate of drug-likeness (QED) is 0.683. The van der Waals surface area contributed by atoms with Crippen LogP contribution in [-0.4, -0.2) is 11.2 Å². The minimum atomic E-state index is 0.677. The van der Waals surface area contributed by atoms with Crippen molar-refractivity contribution in [2.45, 2.75) is 13.8 Å². The zero-order valence-corrected chi connectivity index (χ0v) is 14.4. The van der Waals surface area contributed by atoms with E-state index in [9.17, 15) is 0 Å². The molecule has 0 aliphatic rings. The van der Waals surface area contributed by atoms with Gasteiger partial charge in [0.15, 0.2) is 4.80 Å². The highest BCUT2D eigenvalue weighted by molar-refractivity contribution is 7.07. The fourth-order valence-electron chi connectivity index (χ4n) is 2.35. The molecule has 3 rings (SSSR count). The molecule has 0 aliphatic heterocycles. The molecule has 118 valence electrons. The van der Waals surface area contributed by atoms with Crippen molar-refractivity contribution < 1.29 is 4.74 Å². The summed E-state index contributed by atoms with van der Waals surface area (Å²) in [5.41, 5.74) is 4.59. The third-order valence-electron chi connectivity index (χ3n) is 3.64. The van der Waals surface area contributed by atoms with Gasteiger partial charge in [-0.2, -0.15) is 0 Å². The Hall–Kier alpha value is -2.33. The number of rotatable bonds is 4. The van der Waals surface area contributed by atoms with Gasteiger partial charge in [0, 0.05) is 12.4 Å². The number of ether oxygens (including phenoxy) is 1. The minimum absolute atomic E-state index is 0.677. The Labute approximate surface area is 140 Å². The van der Waals surface area contributed by atoms with Crippen LogP contribution in [0.15, 0.2) is 58.9 Å². The Kier molecular flexibility index (Phi) is 4.63. The number of thiazole rings is 1. The Morgan fingerprint density at radius 1 is 1.04 bits per heavy atom. The van der Waals surface area contributed by atoms with Crippen LogP contribution in [0, 0.1) is 6.92 Å². The molecular formula is C19H20N2OS. The average Bonchev–Trinajstić information content (AvgIpc) is 2.91. The first-order valence-corrected chi connectivity index (χ1v) is 8.54. The van der Waals surface area contributed by atoms with Crippen LogP contribution in [0.25, 0.3) is 11.3 Å². The average molecular weight is 324 g/mol. The van der Waals surface area contributed by atoms with E-state index in [1.807, 2.05) is 31.2 Å². The lowest BCUT2D eigenvalue weighted by Crippen LogP contribution is -2.10. The molecule has 0 saturated heterocycles. The van der Waals surface area contributed by atoms with Crippen molar-refractivity contribution in [2.24, 2.45) is 12.0 Å². The van der Waals surface area contributed by atoms with Gasteiger partial charge >= 0.3 is 0 Å². The monoisotopic (exact) mass is 324 g/mol. The summed E-state index contributed by atoms with van der Waals surface area (Å²) in [7, 11) is 2.05. The van der Waals surface area contributed by atoms with Gasteiger partial charge < -0.3 is 9.30 Å². The summed E-state index contributed by atoms with van der Waals surface area (Å²) < 4.78 is 7.59. The van der Waals surface area contributed by atoms with Crippen molar-refractivity contribution in [1.82, 2.24) is 4.57 Å². The van der Waals surface area contributed by atoms with E-state index in [1.54, 1.807) is 11.3 Å². The molecule has 0 radical (unpaired) electrons. The van der Waals surface area contributed by atoms with Crippen LogP contribution in [0.4, 0.5) is 5.69 Å². The van der Waals surface area contributed by atoms with Gasteiger partial charge in [0.2, 0.25) is 0 Å². The largest absolute Gasteiger partial charge is 0.494 e. The van der Waals surface area contributed by atoms with Gasteiger partial charge in [-0.25, -0.2) is 4.99 Å². The fourth-order valence-corrected chi connectivity index (χ4v) is 3.28.